The largest absolute Gasteiger partial charge is 0.478 e. The smallest absolute Gasteiger partial charge is 0.336 e. The fourth-order valence-corrected chi connectivity index (χ4v) is 2.49. The van der Waals surface area contributed by atoms with E-state index in [-0.39, 0.29) is 5.57 Å². The van der Waals surface area contributed by atoms with Gasteiger partial charge in [-0.1, -0.05) is 42.5 Å². The van der Waals surface area contributed by atoms with Crippen molar-refractivity contribution in [2.24, 2.45) is 0 Å². The molecule has 0 aromatic heterocycles. The Morgan fingerprint density at radius 1 is 0.962 bits per heavy atom. The Labute approximate surface area is 151 Å². The Morgan fingerprint density at radius 3 is 2.38 bits per heavy atom. The van der Waals surface area contributed by atoms with Crippen molar-refractivity contribution in [3.63, 3.8) is 0 Å². The number of hydrogen-bond donors (Lipinski definition) is 1. The SMILES string of the molecule is Cc1ccc(/C(=C/c2cccc(Oc3ccccc3)c2)C(=O)O)cc1F. The molecule has 3 rings (SSSR count). The van der Waals surface area contributed by atoms with E-state index in [1.165, 1.54) is 12.1 Å². The summed E-state index contributed by atoms with van der Waals surface area (Å²) < 4.78 is 19.6. The van der Waals surface area contributed by atoms with Crippen molar-refractivity contribution in [2.45, 2.75) is 6.92 Å². The first-order valence-electron chi connectivity index (χ1n) is 8.07. The zero-order valence-electron chi connectivity index (χ0n) is 14.1. The van der Waals surface area contributed by atoms with E-state index in [9.17, 15) is 14.3 Å². The summed E-state index contributed by atoms with van der Waals surface area (Å²) in [4.78, 5) is 11.7. The van der Waals surface area contributed by atoms with Gasteiger partial charge in [-0.05, 0) is 60.0 Å². The van der Waals surface area contributed by atoms with Crippen molar-refractivity contribution in [3.8, 4) is 11.5 Å². The molecule has 0 saturated heterocycles. The number of halogens is 1. The summed E-state index contributed by atoms with van der Waals surface area (Å²) in [5, 5.41) is 9.53. The monoisotopic (exact) mass is 348 g/mol. The van der Waals surface area contributed by atoms with E-state index >= 15 is 0 Å². The van der Waals surface area contributed by atoms with Crippen LogP contribution in [0.2, 0.25) is 0 Å². The van der Waals surface area contributed by atoms with Crippen molar-refractivity contribution in [1.29, 1.82) is 0 Å². The number of aliphatic carboxylic acids is 1. The molecular weight excluding hydrogens is 331 g/mol. The molecule has 4 heteroatoms. The third-order valence-electron chi connectivity index (χ3n) is 3.86. The lowest BCUT2D eigenvalue weighted by Crippen LogP contribution is -2.00. The highest BCUT2D eigenvalue weighted by atomic mass is 19.1. The van der Waals surface area contributed by atoms with Gasteiger partial charge in [0, 0.05) is 0 Å². The lowest BCUT2D eigenvalue weighted by molar-refractivity contribution is -0.130. The van der Waals surface area contributed by atoms with Crippen LogP contribution in [0, 0.1) is 12.7 Å². The van der Waals surface area contributed by atoms with Gasteiger partial charge >= 0.3 is 5.97 Å². The molecule has 0 heterocycles. The van der Waals surface area contributed by atoms with Gasteiger partial charge in [-0.2, -0.15) is 0 Å². The van der Waals surface area contributed by atoms with Crippen LogP contribution in [0.15, 0.2) is 72.8 Å². The topological polar surface area (TPSA) is 46.5 Å². The fourth-order valence-electron chi connectivity index (χ4n) is 2.49. The molecule has 3 aromatic rings. The molecule has 0 aliphatic carbocycles. The number of carbonyl (C=O) groups is 1. The molecular formula is C22H17FO3. The van der Waals surface area contributed by atoms with Crippen LogP contribution in [0.5, 0.6) is 11.5 Å². The van der Waals surface area contributed by atoms with Gasteiger partial charge in [0.25, 0.3) is 0 Å². The summed E-state index contributed by atoms with van der Waals surface area (Å²) in [6, 6.07) is 20.8. The molecule has 0 unspecified atom stereocenters. The number of carboxylic acids is 1. The average molecular weight is 348 g/mol. The number of rotatable bonds is 5. The third kappa shape index (κ3) is 4.16. The molecule has 26 heavy (non-hydrogen) atoms. The van der Waals surface area contributed by atoms with Crippen molar-refractivity contribution < 1.29 is 19.0 Å². The number of ether oxygens (including phenoxy) is 1. The fraction of sp³-hybridized carbons (Fsp3) is 0.0455. The summed E-state index contributed by atoms with van der Waals surface area (Å²) >= 11 is 0. The highest BCUT2D eigenvalue weighted by molar-refractivity contribution is 6.20. The minimum Gasteiger partial charge on any atom is -0.478 e. The predicted molar refractivity (Wildman–Crippen MR) is 99.6 cm³/mol. The minimum absolute atomic E-state index is 0.0146. The molecule has 130 valence electrons. The van der Waals surface area contributed by atoms with E-state index in [1.807, 2.05) is 30.3 Å². The van der Waals surface area contributed by atoms with Gasteiger partial charge in [-0.3, -0.25) is 0 Å². The Bertz CT molecular complexity index is 962. The number of para-hydroxylation sites is 1. The zero-order chi connectivity index (χ0) is 18.5. The van der Waals surface area contributed by atoms with Gasteiger partial charge in [0.05, 0.1) is 5.57 Å². The Kier molecular flexibility index (Phi) is 5.13. The van der Waals surface area contributed by atoms with Crippen LogP contribution in [0.25, 0.3) is 11.6 Å². The average Bonchev–Trinajstić information content (AvgIpc) is 2.63. The maximum absolute atomic E-state index is 13.8. The molecule has 0 spiro atoms. The number of aryl methyl sites for hydroxylation is 1. The number of hydrogen-bond acceptors (Lipinski definition) is 2. The van der Waals surface area contributed by atoms with Crippen LogP contribution in [-0.2, 0) is 4.79 Å². The van der Waals surface area contributed by atoms with E-state index in [2.05, 4.69) is 0 Å². The van der Waals surface area contributed by atoms with E-state index in [0.717, 1.165) is 0 Å². The van der Waals surface area contributed by atoms with E-state index in [1.54, 1.807) is 43.3 Å². The molecule has 0 bridgehead atoms. The van der Waals surface area contributed by atoms with Crippen LogP contribution >= 0.6 is 0 Å². The van der Waals surface area contributed by atoms with Crippen LogP contribution in [0.3, 0.4) is 0 Å². The summed E-state index contributed by atoms with van der Waals surface area (Å²) in [7, 11) is 0. The highest BCUT2D eigenvalue weighted by Crippen LogP contribution is 2.25. The first-order valence-corrected chi connectivity index (χ1v) is 8.07. The van der Waals surface area contributed by atoms with Crippen molar-refractivity contribution in [2.75, 3.05) is 0 Å². The van der Waals surface area contributed by atoms with Gasteiger partial charge in [0.15, 0.2) is 0 Å². The van der Waals surface area contributed by atoms with E-state index < -0.39 is 11.8 Å². The quantitative estimate of drug-likeness (QED) is 0.485. The van der Waals surface area contributed by atoms with Crippen molar-refractivity contribution >= 4 is 17.6 Å². The van der Waals surface area contributed by atoms with Crippen LogP contribution in [-0.4, -0.2) is 11.1 Å². The van der Waals surface area contributed by atoms with Crippen LogP contribution < -0.4 is 4.74 Å². The second kappa shape index (κ2) is 7.66. The van der Waals surface area contributed by atoms with Crippen molar-refractivity contribution in [1.82, 2.24) is 0 Å². The summed E-state index contributed by atoms with van der Waals surface area (Å²) in [5.74, 6) is -0.282. The standard InChI is InChI=1S/C22H17FO3/c1-15-10-11-17(14-21(15)23)20(22(24)25)13-16-6-5-9-19(12-16)26-18-7-3-2-4-8-18/h2-14H,1H3,(H,24,25)/b20-13-. The molecule has 0 aliphatic rings. The molecule has 1 N–H and O–H groups in total. The van der Waals surface area contributed by atoms with Crippen molar-refractivity contribution in [3.05, 3.63) is 95.3 Å². The Balaban J connectivity index is 1.94. The second-order valence-electron chi connectivity index (χ2n) is 5.81. The molecule has 0 aliphatic heterocycles. The normalized spacial score (nSPS) is 11.2. The van der Waals surface area contributed by atoms with Gasteiger partial charge in [0.1, 0.15) is 17.3 Å². The van der Waals surface area contributed by atoms with Crippen LogP contribution in [0.1, 0.15) is 16.7 Å². The summed E-state index contributed by atoms with van der Waals surface area (Å²) in [5.41, 5.74) is 1.45. The summed E-state index contributed by atoms with van der Waals surface area (Å²) in [6.45, 7) is 1.63. The lowest BCUT2D eigenvalue weighted by atomic mass is 10.0. The third-order valence-corrected chi connectivity index (χ3v) is 3.86. The molecule has 3 nitrogen and oxygen atoms in total. The number of carboxylic acid groups (broad SMARTS) is 1. The first-order chi connectivity index (χ1) is 12.5. The van der Waals surface area contributed by atoms with Gasteiger partial charge in [0.2, 0.25) is 0 Å². The van der Waals surface area contributed by atoms with Gasteiger partial charge in [-0.15, -0.1) is 0 Å². The van der Waals surface area contributed by atoms with E-state index in [4.69, 9.17) is 4.74 Å². The minimum atomic E-state index is -1.12. The molecule has 0 fully saturated rings. The molecule has 0 atom stereocenters. The number of benzene rings is 3. The maximum atomic E-state index is 13.8. The first kappa shape index (κ1) is 17.4. The van der Waals surface area contributed by atoms with Gasteiger partial charge < -0.3 is 9.84 Å². The highest BCUT2D eigenvalue weighted by Gasteiger charge is 2.12. The maximum Gasteiger partial charge on any atom is 0.336 e. The lowest BCUT2D eigenvalue weighted by Gasteiger charge is -2.08. The molecule has 3 aromatic carbocycles. The van der Waals surface area contributed by atoms with E-state index in [0.29, 0.717) is 28.2 Å². The second-order valence-corrected chi connectivity index (χ2v) is 5.81. The molecule has 0 radical (unpaired) electrons. The molecule has 0 saturated carbocycles. The summed E-state index contributed by atoms with van der Waals surface area (Å²) in [6.07, 6.45) is 1.50. The predicted octanol–water partition coefficient (Wildman–Crippen LogP) is 5.55. The van der Waals surface area contributed by atoms with Crippen LogP contribution in [0.4, 0.5) is 4.39 Å². The Hall–Kier alpha value is -3.40. The zero-order valence-corrected chi connectivity index (χ0v) is 14.1. The Morgan fingerprint density at radius 2 is 1.69 bits per heavy atom. The van der Waals surface area contributed by atoms with Gasteiger partial charge in [-0.25, -0.2) is 9.18 Å². The molecule has 0 amide bonds.